The summed E-state index contributed by atoms with van der Waals surface area (Å²) in [5.41, 5.74) is 0. The van der Waals surface area contributed by atoms with Gasteiger partial charge in [-0.1, -0.05) is 0 Å². The third-order valence-corrected chi connectivity index (χ3v) is 1.88. The van der Waals surface area contributed by atoms with Gasteiger partial charge in [0, 0.05) is 6.42 Å². The van der Waals surface area contributed by atoms with Gasteiger partial charge in [0.2, 0.25) is 0 Å². The SMILES string of the molecule is NO[C@H]1CC(O)O[C@H](CO)[C@@H]1O. The number of aliphatic hydroxyl groups is 3. The predicted octanol–water partition coefficient (Wildman–Crippen LogP) is -2.29. The van der Waals surface area contributed by atoms with E-state index in [1.807, 2.05) is 0 Å². The van der Waals surface area contributed by atoms with Crippen LogP contribution in [-0.2, 0) is 9.57 Å². The zero-order valence-electron chi connectivity index (χ0n) is 6.46. The first-order valence-corrected chi connectivity index (χ1v) is 3.67. The first-order chi connectivity index (χ1) is 5.69. The lowest BCUT2D eigenvalue weighted by Gasteiger charge is -2.35. The molecular weight excluding hydrogens is 166 g/mol. The highest BCUT2D eigenvalue weighted by Gasteiger charge is 2.37. The van der Waals surface area contributed by atoms with Gasteiger partial charge in [0.25, 0.3) is 0 Å². The minimum atomic E-state index is -1.04. The van der Waals surface area contributed by atoms with Crippen LogP contribution in [0.1, 0.15) is 6.42 Å². The highest BCUT2D eigenvalue weighted by Crippen LogP contribution is 2.19. The molecule has 0 aliphatic carbocycles. The standard InChI is InChI=1S/C6H13NO5/c7-12-3-1-5(9)11-4(2-8)6(3)10/h3-6,8-10H,1-2,7H2/t3-,4+,5?,6+/m0/s1. The Bertz CT molecular complexity index is 130. The first-order valence-electron chi connectivity index (χ1n) is 3.67. The highest BCUT2D eigenvalue weighted by atomic mass is 16.7. The van der Waals surface area contributed by atoms with Crippen molar-refractivity contribution in [2.45, 2.75) is 31.0 Å². The van der Waals surface area contributed by atoms with Gasteiger partial charge in [-0.2, -0.15) is 0 Å². The lowest BCUT2D eigenvalue weighted by atomic mass is 10.0. The Balaban J connectivity index is 2.55. The van der Waals surface area contributed by atoms with Gasteiger partial charge >= 0.3 is 0 Å². The first kappa shape index (κ1) is 9.85. The normalized spacial score (nSPS) is 43.0. The van der Waals surface area contributed by atoms with Crippen LogP contribution in [0.4, 0.5) is 0 Å². The van der Waals surface area contributed by atoms with Gasteiger partial charge in [-0.25, -0.2) is 5.90 Å². The van der Waals surface area contributed by atoms with Crippen LogP contribution in [0, 0.1) is 0 Å². The molecule has 6 nitrogen and oxygen atoms in total. The van der Waals surface area contributed by atoms with Crippen LogP contribution in [0.25, 0.3) is 0 Å². The van der Waals surface area contributed by atoms with Crippen LogP contribution < -0.4 is 5.90 Å². The molecular formula is C6H13NO5. The number of hydrogen-bond acceptors (Lipinski definition) is 6. The van der Waals surface area contributed by atoms with Crippen molar-refractivity contribution in [2.75, 3.05) is 6.61 Å². The fraction of sp³-hybridized carbons (Fsp3) is 1.00. The summed E-state index contributed by atoms with van der Waals surface area (Å²) in [6.07, 6.45) is -3.45. The van der Waals surface area contributed by atoms with E-state index in [0.717, 1.165) is 0 Å². The van der Waals surface area contributed by atoms with Crippen molar-refractivity contribution in [3.8, 4) is 0 Å². The lowest BCUT2D eigenvalue weighted by molar-refractivity contribution is -0.248. The van der Waals surface area contributed by atoms with Crippen LogP contribution in [0.2, 0.25) is 0 Å². The minimum Gasteiger partial charge on any atom is -0.394 e. The Hall–Kier alpha value is -0.240. The van der Waals surface area contributed by atoms with Gasteiger partial charge in [-0.3, -0.25) is 4.84 Å². The van der Waals surface area contributed by atoms with Gasteiger partial charge in [0.1, 0.15) is 18.3 Å². The van der Waals surface area contributed by atoms with Crippen molar-refractivity contribution in [2.24, 2.45) is 5.90 Å². The van der Waals surface area contributed by atoms with Gasteiger partial charge in [0.15, 0.2) is 6.29 Å². The Morgan fingerprint density at radius 3 is 2.67 bits per heavy atom. The molecule has 1 heterocycles. The second-order valence-corrected chi connectivity index (χ2v) is 2.71. The molecule has 0 bridgehead atoms. The van der Waals surface area contributed by atoms with Crippen LogP contribution in [0.5, 0.6) is 0 Å². The van der Waals surface area contributed by atoms with Crippen LogP contribution in [0.15, 0.2) is 0 Å². The highest BCUT2D eigenvalue weighted by molar-refractivity contribution is 4.82. The van der Waals surface area contributed by atoms with E-state index in [9.17, 15) is 5.11 Å². The summed E-state index contributed by atoms with van der Waals surface area (Å²) < 4.78 is 4.80. The minimum absolute atomic E-state index is 0.105. The molecule has 1 fully saturated rings. The number of nitrogens with two attached hydrogens (primary N) is 1. The molecule has 1 aliphatic heterocycles. The maximum absolute atomic E-state index is 9.35. The summed E-state index contributed by atoms with van der Waals surface area (Å²) in [5.74, 6) is 4.86. The zero-order valence-corrected chi connectivity index (χ0v) is 6.46. The maximum Gasteiger partial charge on any atom is 0.157 e. The summed E-state index contributed by atoms with van der Waals surface area (Å²) in [7, 11) is 0. The molecule has 12 heavy (non-hydrogen) atoms. The maximum atomic E-state index is 9.35. The molecule has 0 radical (unpaired) electrons. The van der Waals surface area contributed by atoms with Crippen molar-refractivity contribution in [3.63, 3.8) is 0 Å². The molecule has 1 unspecified atom stereocenters. The molecule has 72 valence electrons. The molecule has 0 saturated carbocycles. The van der Waals surface area contributed by atoms with E-state index in [0.29, 0.717) is 0 Å². The average molecular weight is 179 g/mol. The molecule has 0 aromatic rings. The summed E-state index contributed by atoms with van der Waals surface area (Å²) in [6.45, 7) is -0.377. The van der Waals surface area contributed by atoms with Crippen molar-refractivity contribution < 1.29 is 24.9 Å². The largest absolute Gasteiger partial charge is 0.394 e. The third kappa shape index (κ3) is 1.92. The van der Waals surface area contributed by atoms with Gasteiger partial charge in [-0.05, 0) is 0 Å². The number of rotatable bonds is 2. The van der Waals surface area contributed by atoms with Gasteiger partial charge in [0.05, 0.1) is 6.61 Å². The van der Waals surface area contributed by atoms with E-state index in [4.69, 9.17) is 20.8 Å². The summed E-state index contributed by atoms with van der Waals surface area (Å²) in [6, 6.07) is 0. The molecule has 6 heteroatoms. The van der Waals surface area contributed by atoms with Crippen LogP contribution in [-0.4, -0.2) is 46.5 Å². The molecule has 0 spiro atoms. The van der Waals surface area contributed by atoms with Gasteiger partial charge in [-0.15, -0.1) is 0 Å². The van der Waals surface area contributed by atoms with Crippen molar-refractivity contribution in [1.29, 1.82) is 0 Å². The number of hydrogen-bond donors (Lipinski definition) is 4. The summed E-state index contributed by atoms with van der Waals surface area (Å²) in [4.78, 5) is 4.40. The van der Waals surface area contributed by atoms with E-state index >= 15 is 0 Å². The van der Waals surface area contributed by atoms with E-state index < -0.39 is 24.6 Å². The molecule has 5 N–H and O–H groups in total. The van der Waals surface area contributed by atoms with Crippen molar-refractivity contribution in [3.05, 3.63) is 0 Å². The number of aliphatic hydroxyl groups excluding tert-OH is 3. The smallest absolute Gasteiger partial charge is 0.157 e. The summed E-state index contributed by atoms with van der Waals surface area (Å²) in [5, 5.41) is 27.1. The quantitative estimate of drug-likeness (QED) is 0.355. The Morgan fingerprint density at radius 2 is 2.17 bits per heavy atom. The van der Waals surface area contributed by atoms with E-state index in [1.165, 1.54) is 0 Å². The monoisotopic (exact) mass is 179 g/mol. The predicted molar refractivity (Wildman–Crippen MR) is 37.6 cm³/mol. The van der Waals surface area contributed by atoms with E-state index in [2.05, 4.69) is 4.84 Å². The molecule has 0 aromatic heterocycles. The third-order valence-electron chi connectivity index (χ3n) is 1.88. The van der Waals surface area contributed by atoms with Gasteiger partial charge < -0.3 is 20.1 Å². The molecule has 1 saturated heterocycles. The van der Waals surface area contributed by atoms with E-state index in [1.54, 1.807) is 0 Å². The van der Waals surface area contributed by atoms with Crippen LogP contribution >= 0.6 is 0 Å². The van der Waals surface area contributed by atoms with Crippen LogP contribution in [0.3, 0.4) is 0 Å². The molecule has 4 atom stereocenters. The fourth-order valence-electron chi connectivity index (χ4n) is 1.20. The average Bonchev–Trinajstić information content (AvgIpc) is 2.08. The number of ether oxygens (including phenoxy) is 1. The zero-order chi connectivity index (χ0) is 9.14. The Morgan fingerprint density at radius 1 is 1.50 bits per heavy atom. The van der Waals surface area contributed by atoms with Crippen molar-refractivity contribution >= 4 is 0 Å². The summed E-state index contributed by atoms with van der Waals surface area (Å²) >= 11 is 0. The second-order valence-electron chi connectivity index (χ2n) is 2.71. The lowest BCUT2D eigenvalue weighted by Crippen LogP contribution is -2.51. The van der Waals surface area contributed by atoms with Crippen molar-refractivity contribution in [1.82, 2.24) is 0 Å². The molecule has 0 aromatic carbocycles. The Labute approximate surface area is 69.5 Å². The Kier molecular flexibility index (Phi) is 3.39. The molecule has 0 amide bonds. The fourth-order valence-corrected chi connectivity index (χ4v) is 1.20. The van der Waals surface area contributed by atoms with E-state index in [-0.39, 0.29) is 13.0 Å². The second kappa shape index (κ2) is 4.13. The molecule has 1 aliphatic rings. The molecule has 1 rings (SSSR count). The topological polar surface area (TPSA) is 105 Å².